The number of nitrogens with zero attached hydrogens (tertiary/aromatic N) is 4. The Morgan fingerprint density at radius 1 is 1.26 bits per heavy atom. The molecule has 1 aromatic heterocycles. The summed E-state index contributed by atoms with van der Waals surface area (Å²) in [6.07, 6.45) is 1.71. The van der Waals surface area contributed by atoms with E-state index in [2.05, 4.69) is 30.9 Å². The summed E-state index contributed by atoms with van der Waals surface area (Å²) in [6, 6.07) is 0.957. The van der Waals surface area contributed by atoms with Gasteiger partial charge in [-0.1, -0.05) is 12.8 Å². The van der Waals surface area contributed by atoms with Crippen LogP contribution in [0.3, 0.4) is 0 Å². The first kappa shape index (κ1) is 25.4. The molecule has 1 saturated heterocycles. The lowest BCUT2D eigenvalue weighted by Gasteiger charge is -2.21. The van der Waals surface area contributed by atoms with E-state index >= 15 is 0 Å². The highest BCUT2D eigenvalue weighted by molar-refractivity contribution is 14.0. The van der Waals surface area contributed by atoms with Gasteiger partial charge in [0.25, 0.3) is 0 Å². The number of hydrogen-bond donors (Lipinski definition) is 3. The highest BCUT2D eigenvalue weighted by Gasteiger charge is 2.33. The molecule has 1 amide bonds. The second-order valence-electron chi connectivity index (χ2n) is 7.58. The fourth-order valence-corrected chi connectivity index (χ4v) is 3.85. The van der Waals surface area contributed by atoms with Gasteiger partial charge in [-0.25, -0.2) is 9.97 Å². The number of likely N-dealkylation sites (tertiary alicyclic amines) is 1. The quantitative estimate of drug-likeness (QED) is 0.216. The third-order valence-corrected chi connectivity index (χ3v) is 5.42. The first-order valence-electron chi connectivity index (χ1n) is 10.3. The second kappa shape index (κ2) is 11.7. The Kier molecular flexibility index (Phi) is 9.56. The Hall–Kier alpha value is -1.86. The number of aromatic nitrogens is 2. The van der Waals surface area contributed by atoms with Crippen LogP contribution < -0.4 is 16.0 Å². The van der Waals surface area contributed by atoms with Crippen LogP contribution in [0.1, 0.15) is 37.8 Å². The molecule has 0 radical (unpaired) electrons. The first-order chi connectivity index (χ1) is 14.4. The van der Waals surface area contributed by atoms with E-state index in [1.807, 2.05) is 4.90 Å². The molecule has 8 nitrogen and oxygen atoms in total. The molecule has 2 heterocycles. The normalized spacial score (nSPS) is 19.8. The Bertz CT molecular complexity index is 756. The third kappa shape index (κ3) is 7.35. The average molecular weight is 555 g/mol. The van der Waals surface area contributed by atoms with Crippen LogP contribution >= 0.6 is 24.0 Å². The van der Waals surface area contributed by atoms with Crippen molar-refractivity contribution >= 4 is 41.8 Å². The van der Waals surface area contributed by atoms with Gasteiger partial charge < -0.3 is 20.9 Å². The number of alkyl halides is 3. The molecule has 174 valence electrons. The number of amides is 1. The van der Waals surface area contributed by atoms with Gasteiger partial charge in [-0.2, -0.15) is 13.2 Å². The van der Waals surface area contributed by atoms with Gasteiger partial charge in [0.2, 0.25) is 11.9 Å². The van der Waals surface area contributed by atoms with Crippen molar-refractivity contribution in [1.29, 1.82) is 0 Å². The van der Waals surface area contributed by atoms with Crippen molar-refractivity contribution in [3.63, 3.8) is 0 Å². The lowest BCUT2D eigenvalue weighted by molar-refractivity contribution is -0.141. The number of anilines is 1. The van der Waals surface area contributed by atoms with E-state index in [4.69, 9.17) is 0 Å². The Labute approximate surface area is 196 Å². The molecule has 2 aliphatic rings. The number of carbonyl (C=O) groups is 1. The van der Waals surface area contributed by atoms with Crippen molar-refractivity contribution in [2.24, 2.45) is 10.9 Å². The molecule has 3 rings (SSSR count). The van der Waals surface area contributed by atoms with E-state index in [-0.39, 0.29) is 47.8 Å². The topological polar surface area (TPSA) is 94.5 Å². The van der Waals surface area contributed by atoms with Gasteiger partial charge in [-0.15, -0.1) is 24.0 Å². The lowest BCUT2D eigenvalue weighted by Crippen LogP contribution is -2.46. The molecule has 1 aliphatic carbocycles. The van der Waals surface area contributed by atoms with E-state index in [0.29, 0.717) is 25.6 Å². The monoisotopic (exact) mass is 555 g/mol. The minimum absolute atomic E-state index is 0. The SMILES string of the molecule is CN=C(NCCNc1nccc(C(F)(F)F)n1)NC1CCN(C(=O)C2CCCC2)C1.I. The van der Waals surface area contributed by atoms with Gasteiger partial charge in [-0.3, -0.25) is 9.79 Å². The maximum Gasteiger partial charge on any atom is 0.433 e. The molecule has 1 unspecified atom stereocenters. The van der Waals surface area contributed by atoms with Gasteiger partial charge in [-0.05, 0) is 25.3 Å². The molecule has 1 saturated carbocycles. The standard InChI is InChI=1S/C19H28F3N7O.HI/c1-23-17(25-9-10-26-18-24-8-6-15(28-18)19(20,21)22)27-14-7-11-29(12-14)16(30)13-4-2-3-5-13;/h6,8,13-14H,2-5,7,9-12H2,1H3,(H2,23,25,27)(H,24,26,28);1H. The molecule has 2 fully saturated rings. The van der Waals surface area contributed by atoms with Crippen molar-refractivity contribution in [3.8, 4) is 0 Å². The Morgan fingerprint density at radius 3 is 2.68 bits per heavy atom. The molecule has 3 N–H and O–H groups in total. The number of halogens is 4. The van der Waals surface area contributed by atoms with Gasteiger partial charge in [0, 0.05) is 51.4 Å². The second-order valence-corrected chi connectivity index (χ2v) is 7.58. The summed E-state index contributed by atoms with van der Waals surface area (Å²) in [6.45, 7) is 2.14. The number of nitrogens with one attached hydrogen (secondary N) is 3. The zero-order valence-electron chi connectivity index (χ0n) is 17.4. The maximum absolute atomic E-state index is 12.7. The molecule has 1 aliphatic heterocycles. The van der Waals surface area contributed by atoms with E-state index in [9.17, 15) is 18.0 Å². The number of aliphatic imine (C=N–C) groups is 1. The van der Waals surface area contributed by atoms with Crippen LogP contribution in [-0.2, 0) is 11.0 Å². The molecule has 12 heteroatoms. The zero-order chi connectivity index (χ0) is 21.6. The maximum atomic E-state index is 12.7. The minimum atomic E-state index is -4.50. The van der Waals surface area contributed by atoms with Crippen molar-refractivity contribution in [2.75, 3.05) is 38.5 Å². The summed E-state index contributed by atoms with van der Waals surface area (Å²) in [4.78, 5) is 25.9. The summed E-state index contributed by atoms with van der Waals surface area (Å²) in [5.74, 6) is 0.962. The summed E-state index contributed by atoms with van der Waals surface area (Å²) < 4.78 is 38.1. The molecule has 0 bridgehead atoms. The van der Waals surface area contributed by atoms with Crippen LogP contribution in [-0.4, -0.2) is 66.0 Å². The van der Waals surface area contributed by atoms with E-state index in [1.165, 1.54) is 0 Å². The molecule has 1 atom stereocenters. The van der Waals surface area contributed by atoms with E-state index in [1.54, 1.807) is 7.05 Å². The summed E-state index contributed by atoms with van der Waals surface area (Å²) in [5.41, 5.74) is -0.983. The smallest absolute Gasteiger partial charge is 0.355 e. The van der Waals surface area contributed by atoms with E-state index < -0.39 is 11.9 Å². The number of carbonyl (C=O) groups excluding carboxylic acids is 1. The van der Waals surface area contributed by atoms with Crippen LogP contribution in [0.15, 0.2) is 17.3 Å². The summed E-state index contributed by atoms with van der Waals surface area (Å²) in [7, 11) is 1.65. The lowest BCUT2D eigenvalue weighted by atomic mass is 10.1. The molecule has 0 aromatic carbocycles. The zero-order valence-corrected chi connectivity index (χ0v) is 19.7. The molecular weight excluding hydrogens is 526 g/mol. The van der Waals surface area contributed by atoms with Crippen molar-refractivity contribution < 1.29 is 18.0 Å². The van der Waals surface area contributed by atoms with Crippen LogP contribution in [0.2, 0.25) is 0 Å². The molecule has 1 aromatic rings. The van der Waals surface area contributed by atoms with Gasteiger partial charge >= 0.3 is 6.18 Å². The first-order valence-corrected chi connectivity index (χ1v) is 10.3. The molecule has 0 spiro atoms. The minimum Gasteiger partial charge on any atom is -0.355 e. The average Bonchev–Trinajstić information content (AvgIpc) is 3.41. The predicted octanol–water partition coefficient (Wildman–Crippen LogP) is 2.48. The number of hydrogen-bond acceptors (Lipinski definition) is 5. The Morgan fingerprint density at radius 2 is 2.00 bits per heavy atom. The fraction of sp³-hybridized carbons (Fsp3) is 0.684. The Balaban J connectivity index is 0.00000341. The van der Waals surface area contributed by atoms with Crippen LogP contribution in [0, 0.1) is 5.92 Å². The van der Waals surface area contributed by atoms with Gasteiger partial charge in [0.05, 0.1) is 0 Å². The highest BCUT2D eigenvalue weighted by atomic mass is 127. The fourth-order valence-electron chi connectivity index (χ4n) is 3.85. The summed E-state index contributed by atoms with van der Waals surface area (Å²) in [5, 5.41) is 9.17. The highest BCUT2D eigenvalue weighted by Crippen LogP contribution is 2.28. The van der Waals surface area contributed by atoms with Crippen LogP contribution in [0.4, 0.5) is 19.1 Å². The predicted molar refractivity (Wildman–Crippen MR) is 122 cm³/mol. The van der Waals surface area contributed by atoms with Crippen LogP contribution in [0.5, 0.6) is 0 Å². The number of rotatable bonds is 6. The largest absolute Gasteiger partial charge is 0.433 e. The van der Waals surface area contributed by atoms with Gasteiger partial charge in [0.15, 0.2) is 5.96 Å². The van der Waals surface area contributed by atoms with Gasteiger partial charge in [0.1, 0.15) is 5.69 Å². The third-order valence-electron chi connectivity index (χ3n) is 5.42. The molecular formula is C19H29F3IN7O. The summed E-state index contributed by atoms with van der Waals surface area (Å²) >= 11 is 0. The van der Waals surface area contributed by atoms with Crippen molar-refractivity contribution in [1.82, 2.24) is 25.5 Å². The molecule has 31 heavy (non-hydrogen) atoms. The van der Waals surface area contributed by atoms with Crippen molar-refractivity contribution in [3.05, 3.63) is 18.0 Å². The van der Waals surface area contributed by atoms with Crippen LogP contribution in [0.25, 0.3) is 0 Å². The van der Waals surface area contributed by atoms with E-state index in [0.717, 1.165) is 50.9 Å². The van der Waals surface area contributed by atoms with Crippen molar-refractivity contribution in [2.45, 2.75) is 44.3 Å². The number of guanidine groups is 1.